The molecule has 0 amide bonds. The molecule has 21 heavy (non-hydrogen) atoms. The summed E-state index contributed by atoms with van der Waals surface area (Å²) >= 11 is 0. The fraction of sp³-hybridized carbons (Fsp3) is 0.905. The summed E-state index contributed by atoms with van der Waals surface area (Å²) in [5, 5.41) is 0. The summed E-state index contributed by atoms with van der Waals surface area (Å²) in [4.78, 5) is 0. The van der Waals surface area contributed by atoms with Gasteiger partial charge in [0.1, 0.15) is 0 Å². The van der Waals surface area contributed by atoms with Crippen LogP contribution in [0.25, 0.3) is 0 Å². The van der Waals surface area contributed by atoms with Crippen LogP contribution in [0.5, 0.6) is 0 Å². The average Bonchev–Trinajstić information content (AvgIpc) is 2.49. The molecule has 0 radical (unpaired) electrons. The average molecular weight is 291 g/mol. The highest BCUT2D eigenvalue weighted by Gasteiger charge is 2.21. The molecule has 2 aliphatic carbocycles. The van der Waals surface area contributed by atoms with Gasteiger partial charge in [0.2, 0.25) is 0 Å². The molecule has 2 rings (SSSR count). The lowest BCUT2D eigenvalue weighted by Gasteiger charge is -2.29. The first-order valence-electron chi connectivity index (χ1n) is 9.83. The van der Waals surface area contributed by atoms with Crippen LogP contribution in [0.15, 0.2) is 11.6 Å². The summed E-state index contributed by atoms with van der Waals surface area (Å²) in [5.41, 5.74) is 1.69. The van der Waals surface area contributed by atoms with Gasteiger partial charge in [-0.15, -0.1) is 0 Å². The summed E-state index contributed by atoms with van der Waals surface area (Å²) < 4.78 is 0. The first-order valence-corrected chi connectivity index (χ1v) is 9.83. The molecule has 0 aromatic rings. The zero-order valence-electron chi connectivity index (χ0n) is 14.9. The van der Waals surface area contributed by atoms with Gasteiger partial charge < -0.3 is 0 Å². The second kappa shape index (κ2) is 9.01. The second-order valence-electron chi connectivity index (χ2n) is 8.29. The molecule has 0 N–H and O–H groups in total. The summed E-state index contributed by atoms with van der Waals surface area (Å²) in [5.74, 6) is 4.04. The fourth-order valence-electron chi connectivity index (χ4n) is 4.60. The third kappa shape index (κ3) is 6.17. The Labute approximate surface area is 133 Å². The third-order valence-electron chi connectivity index (χ3n) is 6.21. The predicted octanol–water partition coefficient (Wildman–Crippen LogP) is 7.15. The van der Waals surface area contributed by atoms with Crippen molar-refractivity contribution < 1.29 is 0 Å². The first kappa shape index (κ1) is 17.1. The van der Waals surface area contributed by atoms with Crippen molar-refractivity contribution >= 4 is 0 Å². The molecule has 0 aromatic heterocycles. The number of allylic oxidation sites excluding steroid dienone is 2. The molecule has 2 fully saturated rings. The molecular weight excluding hydrogens is 252 g/mol. The SMILES string of the molecule is CCCC1CCC(C/C(C)=C/CC2CCC(C)CC2)CC1. The summed E-state index contributed by atoms with van der Waals surface area (Å²) in [7, 11) is 0. The molecule has 0 heteroatoms. The molecule has 0 unspecified atom stereocenters. The van der Waals surface area contributed by atoms with Crippen LogP contribution in [-0.2, 0) is 0 Å². The van der Waals surface area contributed by atoms with E-state index in [4.69, 9.17) is 0 Å². The van der Waals surface area contributed by atoms with Crippen LogP contribution in [0, 0.1) is 23.7 Å². The van der Waals surface area contributed by atoms with Crippen molar-refractivity contribution in [1.29, 1.82) is 0 Å². The second-order valence-corrected chi connectivity index (χ2v) is 8.29. The Bertz CT molecular complexity index is 298. The van der Waals surface area contributed by atoms with Crippen LogP contribution < -0.4 is 0 Å². The van der Waals surface area contributed by atoms with E-state index < -0.39 is 0 Å². The van der Waals surface area contributed by atoms with E-state index in [-0.39, 0.29) is 0 Å². The van der Waals surface area contributed by atoms with Gasteiger partial charge in [0.25, 0.3) is 0 Å². The van der Waals surface area contributed by atoms with Gasteiger partial charge in [0.15, 0.2) is 0 Å². The Balaban J connectivity index is 1.65. The van der Waals surface area contributed by atoms with Crippen molar-refractivity contribution in [3.8, 4) is 0 Å². The van der Waals surface area contributed by atoms with Crippen LogP contribution in [0.1, 0.15) is 97.8 Å². The molecule has 0 spiro atoms. The largest absolute Gasteiger partial charge is 0.0853 e. The van der Waals surface area contributed by atoms with Crippen LogP contribution in [0.4, 0.5) is 0 Å². The lowest BCUT2D eigenvalue weighted by atomic mass is 9.77. The molecule has 0 bridgehead atoms. The lowest BCUT2D eigenvalue weighted by molar-refractivity contribution is 0.260. The maximum atomic E-state index is 2.60. The third-order valence-corrected chi connectivity index (χ3v) is 6.21. The fourth-order valence-corrected chi connectivity index (χ4v) is 4.60. The maximum absolute atomic E-state index is 2.60. The van der Waals surface area contributed by atoms with Crippen LogP contribution in [0.2, 0.25) is 0 Å². The van der Waals surface area contributed by atoms with Gasteiger partial charge in [-0.2, -0.15) is 0 Å². The minimum Gasteiger partial charge on any atom is -0.0853 e. The predicted molar refractivity (Wildman–Crippen MR) is 94.5 cm³/mol. The zero-order chi connectivity index (χ0) is 15.1. The Hall–Kier alpha value is -0.260. The topological polar surface area (TPSA) is 0 Å². The van der Waals surface area contributed by atoms with E-state index in [9.17, 15) is 0 Å². The number of hydrogen-bond acceptors (Lipinski definition) is 0. The van der Waals surface area contributed by atoms with Crippen molar-refractivity contribution in [3.63, 3.8) is 0 Å². The molecule has 0 heterocycles. The Morgan fingerprint density at radius 2 is 1.43 bits per heavy atom. The van der Waals surface area contributed by atoms with Crippen LogP contribution in [0.3, 0.4) is 0 Å². The zero-order valence-corrected chi connectivity index (χ0v) is 14.9. The summed E-state index contributed by atoms with van der Waals surface area (Å²) in [6.45, 7) is 7.15. The van der Waals surface area contributed by atoms with Crippen molar-refractivity contribution in [2.45, 2.75) is 97.8 Å². The van der Waals surface area contributed by atoms with Crippen molar-refractivity contribution in [3.05, 3.63) is 11.6 Å². The first-order chi connectivity index (χ1) is 10.2. The molecule has 0 aliphatic heterocycles. The van der Waals surface area contributed by atoms with Gasteiger partial charge in [-0.3, -0.25) is 0 Å². The molecule has 0 nitrogen and oxygen atoms in total. The highest BCUT2D eigenvalue weighted by Crippen LogP contribution is 2.35. The Morgan fingerprint density at radius 3 is 2.05 bits per heavy atom. The summed E-state index contributed by atoms with van der Waals surface area (Å²) in [6.07, 6.45) is 20.1. The van der Waals surface area contributed by atoms with Gasteiger partial charge in [0, 0.05) is 0 Å². The van der Waals surface area contributed by atoms with E-state index in [1.165, 1.54) is 77.0 Å². The van der Waals surface area contributed by atoms with Crippen molar-refractivity contribution in [2.75, 3.05) is 0 Å². The molecule has 0 aromatic carbocycles. The van der Waals surface area contributed by atoms with Gasteiger partial charge in [-0.1, -0.05) is 64.0 Å². The highest BCUT2D eigenvalue weighted by atomic mass is 14.3. The van der Waals surface area contributed by atoms with Gasteiger partial charge in [0.05, 0.1) is 0 Å². The summed E-state index contributed by atoms with van der Waals surface area (Å²) in [6, 6.07) is 0. The lowest BCUT2D eigenvalue weighted by Crippen LogP contribution is -2.15. The quantitative estimate of drug-likeness (QED) is 0.456. The van der Waals surface area contributed by atoms with Crippen LogP contribution >= 0.6 is 0 Å². The molecule has 0 atom stereocenters. The monoisotopic (exact) mass is 290 g/mol. The van der Waals surface area contributed by atoms with E-state index >= 15 is 0 Å². The van der Waals surface area contributed by atoms with E-state index in [1.54, 1.807) is 5.57 Å². The number of rotatable bonds is 6. The minimum absolute atomic E-state index is 0.990. The van der Waals surface area contributed by atoms with Gasteiger partial charge in [-0.05, 0) is 69.1 Å². The van der Waals surface area contributed by atoms with E-state index in [0.29, 0.717) is 0 Å². The van der Waals surface area contributed by atoms with Gasteiger partial charge >= 0.3 is 0 Å². The molecular formula is C21H38. The normalized spacial score (nSPS) is 34.9. The smallest absolute Gasteiger partial charge is 0.0295 e. The molecule has 0 saturated heterocycles. The number of hydrogen-bond donors (Lipinski definition) is 0. The molecule has 2 aliphatic rings. The van der Waals surface area contributed by atoms with E-state index in [0.717, 1.165) is 23.7 Å². The molecule has 122 valence electrons. The van der Waals surface area contributed by atoms with Crippen LogP contribution in [-0.4, -0.2) is 0 Å². The maximum Gasteiger partial charge on any atom is -0.0295 e. The van der Waals surface area contributed by atoms with Crippen molar-refractivity contribution in [1.82, 2.24) is 0 Å². The van der Waals surface area contributed by atoms with E-state index in [1.807, 2.05) is 0 Å². The Morgan fingerprint density at radius 1 is 0.857 bits per heavy atom. The van der Waals surface area contributed by atoms with Gasteiger partial charge in [-0.25, -0.2) is 0 Å². The van der Waals surface area contributed by atoms with Crippen molar-refractivity contribution in [2.24, 2.45) is 23.7 Å². The van der Waals surface area contributed by atoms with E-state index in [2.05, 4.69) is 26.8 Å². The standard InChI is InChI=1S/C21H38/c1-4-5-19-12-14-21(15-13-19)16-18(3)8-11-20-9-6-17(2)7-10-20/h8,17,19-21H,4-7,9-16H2,1-3H3/b18-8+. The molecule has 2 saturated carbocycles. The minimum atomic E-state index is 0.990. The highest BCUT2D eigenvalue weighted by molar-refractivity contribution is 5.01. The Kier molecular flexibility index (Phi) is 7.34.